The molecular formula is C20H19FN4O3S. The Morgan fingerprint density at radius 1 is 1.28 bits per heavy atom. The average molecular weight is 414 g/mol. The number of benzene rings is 2. The molecule has 7 nitrogen and oxygen atoms in total. The van der Waals surface area contributed by atoms with Crippen molar-refractivity contribution in [2.45, 2.75) is 17.5 Å². The number of ether oxygens (including phenoxy) is 1. The normalized spacial score (nSPS) is 18.5. The number of rotatable bonds is 5. The van der Waals surface area contributed by atoms with Gasteiger partial charge in [-0.1, -0.05) is 12.1 Å². The summed E-state index contributed by atoms with van der Waals surface area (Å²) in [5.74, 6) is -0.485. The number of cyclic esters (lactones) is 1. The highest BCUT2D eigenvalue weighted by Gasteiger charge is 2.33. The van der Waals surface area contributed by atoms with E-state index in [0.717, 1.165) is 0 Å². The first-order chi connectivity index (χ1) is 13.8. The molecule has 2 atom stereocenters. The van der Waals surface area contributed by atoms with Crippen LogP contribution in [0, 0.1) is 10.6 Å². The molecule has 1 aromatic heterocycles. The predicted molar refractivity (Wildman–Crippen MR) is 107 cm³/mol. The van der Waals surface area contributed by atoms with E-state index < -0.39 is 21.6 Å². The van der Waals surface area contributed by atoms with Crippen molar-refractivity contribution in [1.82, 2.24) is 9.78 Å². The maximum absolute atomic E-state index is 14.8. The number of nitrogens with one attached hydrogen (secondary N) is 1. The monoisotopic (exact) mass is 414 g/mol. The number of aromatic nitrogens is 2. The summed E-state index contributed by atoms with van der Waals surface area (Å²) in [6.07, 6.45) is 3.89. The third-order valence-electron chi connectivity index (χ3n) is 4.70. The van der Waals surface area contributed by atoms with Gasteiger partial charge in [0.1, 0.15) is 11.9 Å². The first kappa shape index (κ1) is 19.1. The van der Waals surface area contributed by atoms with Crippen molar-refractivity contribution in [3.63, 3.8) is 0 Å². The maximum atomic E-state index is 14.8. The summed E-state index contributed by atoms with van der Waals surface area (Å²) in [7, 11) is -2.82. The molecule has 0 spiro atoms. The van der Waals surface area contributed by atoms with E-state index in [-0.39, 0.29) is 6.10 Å². The molecule has 1 aliphatic heterocycles. The molecule has 0 aliphatic carbocycles. The second-order valence-corrected chi connectivity index (χ2v) is 9.04. The molecule has 1 saturated heterocycles. The lowest BCUT2D eigenvalue weighted by molar-refractivity contribution is 0.129. The van der Waals surface area contributed by atoms with Crippen molar-refractivity contribution < 1.29 is 18.1 Å². The van der Waals surface area contributed by atoms with E-state index >= 15 is 0 Å². The number of hydrogen-bond donors (Lipinski definition) is 1. The van der Waals surface area contributed by atoms with Crippen LogP contribution < -0.4 is 4.90 Å². The van der Waals surface area contributed by atoms with Crippen LogP contribution in [0.4, 0.5) is 14.9 Å². The lowest BCUT2D eigenvalue weighted by Gasteiger charge is -2.14. The van der Waals surface area contributed by atoms with Crippen LogP contribution in [0.1, 0.15) is 0 Å². The molecule has 1 N–H and O–H groups in total. The third kappa shape index (κ3) is 4.00. The van der Waals surface area contributed by atoms with Crippen molar-refractivity contribution in [1.29, 1.82) is 4.78 Å². The minimum absolute atomic E-state index is 0.306. The van der Waals surface area contributed by atoms with Crippen molar-refractivity contribution in [3.05, 3.63) is 66.7 Å². The first-order valence-electron chi connectivity index (χ1n) is 8.90. The number of carbonyl (C=O) groups is 1. The van der Waals surface area contributed by atoms with Crippen molar-refractivity contribution in [2.75, 3.05) is 17.7 Å². The largest absolute Gasteiger partial charge is 0.442 e. The minimum atomic E-state index is -2.82. The highest BCUT2D eigenvalue weighted by atomic mass is 32.2. The number of halogens is 1. The molecule has 1 aliphatic rings. The highest BCUT2D eigenvalue weighted by Crippen LogP contribution is 2.30. The van der Waals surface area contributed by atoms with Gasteiger partial charge >= 0.3 is 6.09 Å². The number of amides is 1. The van der Waals surface area contributed by atoms with Gasteiger partial charge in [-0.25, -0.2) is 18.2 Å². The van der Waals surface area contributed by atoms with Crippen LogP contribution in [0.5, 0.6) is 0 Å². The zero-order valence-corrected chi connectivity index (χ0v) is 16.4. The van der Waals surface area contributed by atoms with Gasteiger partial charge in [-0.3, -0.25) is 9.58 Å². The molecule has 0 saturated carbocycles. The molecule has 150 valence electrons. The molecule has 2 aromatic carbocycles. The van der Waals surface area contributed by atoms with Crippen LogP contribution in [-0.2, 0) is 21.0 Å². The molecule has 29 heavy (non-hydrogen) atoms. The Bertz CT molecular complexity index is 1140. The van der Waals surface area contributed by atoms with Gasteiger partial charge in [0.2, 0.25) is 0 Å². The lowest BCUT2D eigenvalue weighted by atomic mass is 10.0. The molecule has 9 heteroatoms. The molecule has 1 unspecified atom stereocenters. The highest BCUT2D eigenvalue weighted by molar-refractivity contribution is 7.91. The molecule has 3 aromatic rings. The Kier molecular flexibility index (Phi) is 4.83. The van der Waals surface area contributed by atoms with Crippen molar-refractivity contribution >= 4 is 21.5 Å². The summed E-state index contributed by atoms with van der Waals surface area (Å²) in [4.78, 5) is 14.0. The van der Waals surface area contributed by atoms with Gasteiger partial charge in [-0.15, -0.1) is 0 Å². The van der Waals surface area contributed by atoms with E-state index in [1.54, 1.807) is 59.5 Å². The topological polar surface area (TPSA) is 88.3 Å². The Morgan fingerprint density at radius 3 is 2.66 bits per heavy atom. The number of carbonyl (C=O) groups excluding carboxylic acids is 1. The fourth-order valence-corrected chi connectivity index (χ4v) is 3.90. The molecule has 0 bridgehead atoms. The van der Waals surface area contributed by atoms with Crippen molar-refractivity contribution in [3.8, 4) is 11.1 Å². The SMILES string of the molecule is CS(=N)(=O)c1ccc(-c2ccc(N3C[C@H](Cn4cccn4)OC3=O)cc2F)cc1. The van der Waals surface area contributed by atoms with E-state index in [0.29, 0.717) is 34.8 Å². The van der Waals surface area contributed by atoms with E-state index in [1.807, 2.05) is 0 Å². The van der Waals surface area contributed by atoms with Crippen LogP contribution in [0.25, 0.3) is 11.1 Å². The summed E-state index contributed by atoms with van der Waals surface area (Å²) in [5.41, 5.74) is 1.37. The fraction of sp³-hybridized carbons (Fsp3) is 0.200. The minimum Gasteiger partial charge on any atom is -0.442 e. The van der Waals surface area contributed by atoms with E-state index in [2.05, 4.69) is 5.10 Å². The van der Waals surface area contributed by atoms with Gasteiger partial charge in [0.25, 0.3) is 0 Å². The van der Waals surface area contributed by atoms with Crippen LogP contribution in [-0.4, -0.2) is 39.0 Å². The van der Waals surface area contributed by atoms with Gasteiger partial charge in [-0.2, -0.15) is 5.10 Å². The first-order valence-corrected chi connectivity index (χ1v) is 10.9. The molecule has 2 heterocycles. The zero-order chi connectivity index (χ0) is 20.6. The second-order valence-electron chi connectivity index (χ2n) is 6.88. The predicted octanol–water partition coefficient (Wildman–Crippen LogP) is 3.75. The number of nitrogens with zero attached hydrogens (tertiary/aromatic N) is 3. The number of anilines is 1. The lowest BCUT2D eigenvalue weighted by Crippen LogP contribution is -2.26. The summed E-state index contributed by atoms with van der Waals surface area (Å²) in [6, 6.07) is 12.7. The molecule has 0 radical (unpaired) electrons. The maximum Gasteiger partial charge on any atom is 0.414 e. The zero-order valence-electron chi connectivity index (χ0n) is 15.6. The average Bonchev–Trinajstić information content (AvgIpc) is 3.31. The van der Waals surface area contributed by atoms with Crippen LogP contribution in [0.2, 0.25) is 0 Å². The Hall–Kier alpha value is -3.20. The quantitative estimate of drug-likeness (QED) is 0.689. The van der Waals surface area contributed by atoms with Crippen molar-refractivity contribution in [2.24, 2.45) is 0 Å². The van der Waals surface area contributed by atoms with E-state index in [1.165, 1.54) is 17.2 Å². The number of hydrogen-bond acceptors (Lipinski definition) is 5. The fourth-order valence-electron chi connectivity index (χ4n) is 3.24. The van der Waals surface area contributed by atoms with E-state index in [9.17, 15) is 13.4 Å². The van der Waals surface area contributed by atoms with Gasteiger partial charge in [-0.05, 0) is 42.0 Å². The van der Waals surface area contributed by atoms with Crippen LogP contribution >= 0.6 is 0 Å². The standard InChI is InChI=1S/C20H19FN4O3S/c1-29(22,27)17-6-3-14(4-7-17)18-8-5-15(11-19(18)21)25-13-16(28-20(25)26)12-24-10-2-9-23-24/h2-11,16,22H,12-13H2,1H3/t16-,29?/m0/s1. The van der Waals surface area contributed by atoms with Gasteiger partial charge < -0.3 is 4.74 Å². The molecule has 4 rings (SSSR count). The Labute approximate surface area is 167 Å². The molecule has 1 amide bonds. The summed E-state index contributed by atoms with van der Waals surface area (Å²) in [5, 5.41) is 4.10. The Balaban J connectivity index is 1.53. The summed E-state index contributed by atoms with van der Waals surface area (Å²) < 4.78 is 41.2. The third-order valence-corrected chi connectivity index (χ3v) is 5.88. The summed E-state index contributed by atoms with van der Waals surface area (Å²) >= 11 is 0. The molecule has 1 fully saturated rings. The van der Waals surface area contributed by atoms with Crippen LogP contribution in [0.3, 0.4) is 0 Å². The van der Waals surface area contributed by atoms with Crippen LogP contribution in [0.15, 0.2) is 65.8 Å². The van der Waals surface area contributed by atoms with Gasteiger partial charge in [0.05, 0.1) is 28.5 Å². The molecular weight excluding hydrogens is 395 g/mol. The Morgan fingerprint density at radius 2 is 2.03 bits per heavy atom. The van der Waals surface area contributed by atoms with E-state index in [4.69, 9.17) is 9.52 Å². The second kappa shape index (κ2) is 7.32. The van der Waals surface area contributed by atoms with Gasteiger partial charge in [0.15, 0.2) is 0 Å². The van der Waals surface area contributed by atoms with Gasteiger partial charge in [0, 0.05) is 29.1 Å². The summed E-state index contributed by atoms with van der Waals surface area (Å²) in [6.45, 7) is 0.735. The smallest absolute Gasteiger partial charge is 0.414 e.